The third-order valence-corrected chi connectivity index (χ3v) is 4.77. The van der Waals surface area contributed by atoms with E-state index in [2.05, 4.69) is 10.3 Å². The standard InChI is InChI=1S/C18H18ClN3O3S/c1-18(2,25-12-6-4-10(19)5-7-12)16(23)21-11-8-13(24-3)15-14(9-11)26-17(20)22-15/h4-9H,1-3H3,(H2,20,22)(H,21,23). The predicted octanol–water partition coefficient (Wildman–Crippen LogP) is 4.34. The molecule has 3 rings (SSSR count). The van der Waals surface area contributed by atoms with Gasteiger partial charge in [0.2, 0.25) is 0 Å². The Labute approximate surface area is 159 Å². The fourth-order valence-electron chi connectivity index (χ4n) is 2.37. The molecule has 3 aromatic rings. The number of nitrogen functional groups attached to an aromatic ring is 1. The minimum absolute atomic E-state index is 0.300. The van der Waals surface area contributed by atoms with Gasteiger partial charge in [0.25, 0.3) is 5.91 Å². The number of halogens is 1. The molecular formula is C18H18ClN3O3S. The maximum atomic E-state index is 12.7. The van der Waals surface area contributed by atoms with Crippen molar-refractivity contribution in [3.8, 4) is 11.5 Å². The van der Waals surface area contributed by atoms with Crippen LogP contribution in [0.25, 0.3) is 10.2 Å². The molecule has 8 heteroatoms. The molecule has 0 atom stereocenters. The zero-order valence-electron chi connectivity index (χ0n) is 14.5. The number of hydrogen-bond donors (Lipinski definition) is 2. The van der Waals surface area contributed by atoms with Gasteiger partial charge in [0.1, 0.15) is 17.0 Å². The van der Waals surface area contributed by atoms with E-state index in [1.807, 2.05) is 6.07 Å². The third-order valence-electron chi connectivity index (χ3n) is 3.69. The van der Waals surface area contributed by atoms with E-state index in [4.69, 9.17) is 26.8 Å². The molecule has 0 saturated heterocycles. The quantitative estimate of drug-likeness (QED) is 0.675. The van der Waals surface area contributed by atoms with Crippen LogP contribution >= 0.6 is 22.9 Å². The molecule has 0 aliphatic rings. The number of thiazole rings is 1. The molecule has 0 aliphatic heterocycles. The minimum Gasteiger partial charge on any atom is -0.494 e. The lowest BCUT2D eigenvalue weighted by Crippen LogP contribution is -2.42. The van der Waals surface area contributed by atoms with E-state index in [0.29, 0.717) is 32.9 Å². The maximum Gasteiger partial charge on any atom is 0.267 e. The average Bonchev–Trinajstić information content (AvgIpc) is 2.96. The number of carbonyl (C=O) groups excluding carboxylic acids is 1. The second-order valence-electron chi connectivity index (χ2n) is 6.10. The molecule has 0 spiro atoms. The average molecular weight is 392 g/mol. The lowest BCUT2D eigenvalue weighted by atomic mass is 10.1. The molecule has 3 N–H and O–H groups in total. The van der Waals surface area contributed by atoms with Gasteiger partial charge in [-0.05, 0) is 44.2 Å². The molecule has 1 heterocycles. The van der Waals surface area contributed by atoms with Crippen LogP contribution in [-0.4, -0.2) is 23.6 Å². The van der Waals surface area contributed by atoms with E-state index in [-0.39, 0.29) is 5.91 Å². The first-order valence-corrected chi connectivity index (χ1v) is 8.98. The third kappa shape index (κ3) is 3.84. The van der Waals surface area contributed by atoms with Crippen molar-refractivity contribution in [2.24, 2.45) is 0 Å². The number of fused-ring (bicyclic) bond motifs is 1. The highest BCUT2D eigenvalue weighted by atomic mass is 35.5. The van der Waals surface area contributed by atoms with Crippen molar-refractivity contribution in [2.45, 2.75) is 19.4 Å². The second kappa shape index (κ2) is 7.01. The number of methoxy groups -OCH3 is 1. The Morgan fingerprint density at radius 2 is 1.96 bits per heavy atom. The van der Waals surface area contributed by atoms with Crippen molar-refractivity contribution in [1.82, 2.24) is 4.98 Å². The first-order valence-electron chi connectivity index (χ1n) is 7.78. The largest absolute Gasteiger partial charge is 0.494 e. The molecule has 2 aromatic carbocycles. The zero-order valence-corrected chi connectivity index (χ0v) is 16.1. The number of aromatic nitrogens is 1. The number of nitrogens with two attached hydrogens (primary N) is 1. The topological polar surface area (TPSA) is 86.5 Å². The molecule has 0 bridgehead atoms. The number of hydrogen-bond acceptors (Lipinski definition) is 6. The van der Waals surface area contributed by atoms with Crippen LogP contribution in [0.3, 0.4) is 0 Å². The normalized spacial score (nSPS) is 11.4. The Kier molecular flexibility index (Phi) is 4.93. The fraction of sp³-hybridized carbons (Fsp3) is 0.222. The maximum absolute atomic E-state index is 12.7. The van der Waals surface area contributed by atoms with Gasteiger partial charge in [-0.15, -0.1) is 0 Å². The highest BCUT2D eigenvalue weighted by molar-refractivity contribution is 7.22. The molecule has 26 heavy (non-hydrogen) atoms. The summed E-state index contributed by atoms with van der Waals surface area (Å²) in [5.41, 5.74) is 5.92. The van der Waals surface area contributed by atoms with E-state index in [1.54, 1.807) is 51.3 Å². The van der Waals surface area contributed by atoms with Gasteiger partial charge in [-0.3, -0.25) is 4.79 Å². The number of benzene rings is 2. The number of nitrogens with one attached hydrogen (secondary N) is 1. The van der Waals surface area contributed by atoms with Crippen LogP contribution in [0.1, 0.15) is 13.8 Å². The van der Waals surface area contributed by atoms with Crippen LogP contribution in [0.5, 0.6) is 11.5 Å². The van der Waals surface area contributed by atoms with Gasteiger partial charge in [0.05, 0.1) is 11.8 Å². The summed E-state index contributed by atoms with van der Waals surface area (Å²) in [5, 5.41) is 3.90. The Balaban J connectivity index is 1.81. The van der Waals surface area contributed by atoms with E-state index >= 15 is 0 Å². The summed E-state index contributed by atoms with van der Waals surface area (Å²) in [6, 6.07) is 10.4. The molecule has 0 unspecified atom stereocenters. The van der Waals surface area contributed by atoms with Crippen LogP contribution in [0.4, 0.5) is 10.8 Å². The van der Waals surface area contributed by atoms with Gasteiger partial charge in [-0.2, -0.15) is 0 Å². The zero-order chi connectivity index (χ0) is 18.9. The Morgan fingerprint density at radius 3 is 2.62 bits per heavy atom. The Hall–Kier alpha value is -2.51. The van der Waals surface area contributed by atoms with Gasteiger partial charge < -0.3 is 20.5 Å². The molecule has 1 aromatic heterocycles. The number of nitrogens with zero attached hydrogens (tertiary/aromatic N) is 1. The summed E-state index contributed by atoms with van der Waals surface area (Å²) in [5.74, 6) is 0.798. The van der Waals surface area contributed by atoms with Crippen LogP contribution < -0.4 is 20.5 Å². The summed E-state index contributed by atoms with van der Waals surface area (Å²) < 4.78 is 12.0. The van der Waals surface area contributed by atoms with Crippen LogP contribution in [0, 0.1) is 0 Å². The smallest absolute Gasteiger partial charge is 0.267 e. The molecule has 6 nitrogen and oxygen atoms in total. The van der Waals surface area contributed by atoms with Crippen molar-refractivity contribution in [3.63, 3.8) is 0 Å². The number of amides is 1. The van der Waals surface area contributed by atoms with Gasteiger partial charge >= 0.3 is 0 Å². The first-order chi connectivity index (χ1) is 12.3. The summed E-state index contributed by atoms with van der Waals surface area (Å²) in [7, 11) is 1.55. The molecule has 0 aliphatic carbocycles. The number of anilines is 2. The molecule has 136 valence electrons. The van der Waals surface area contributed by atoms with Gasteiger partial charge in [-0.25, -0.2) is 4.98 Å². The second-order valence-corrected chi connectivity index (χ2v) is 7.60. The van der Waals surface area contributed by atoms with E-state index in [9.17, 15) is 4.79 Å². The van der Waals surface area contributed by atoms with Crippen molar-refractivity contribution in [2.75, 3.05) is 18.2 Å². The lowest BCUT2D eigenvalue weighted by molar-refractivity contribution is -0.128. The van der Waals surface area contributed by atoms with Gasteiger partial charge in [0, 0.05) is 16.8 Å². The highest BCUT2D eigenvalue weighted by Gasteiger charge is 2.30. The first kappa shape index (κ1) is 18.3. The number of carbonyl (C=O) groups is 1. The summed E-state index contributed by atoms with van der Waals surface area (Å²) in [6.45, 7) is 3.38. The van der Waals surface area contributed by atoms with Crippen molar-refractivity contribution in [3.05, 3.63) is 41.4 Å². The van der Waals surface area contributed by atoms with Crippen molar-refractivity contribution in [1.29, 1.82) is 0 Å². The lowest BCUT2D eigenvalue weighted by Gasteiger charge is -2.25. The molecule has 1 amide bonds. The minimum atomic E-state index is -1.09. The summed E-state index contributed by atoms with van der Waals surface area (Å²) in [4.78, 5) is 16.9. The molecule has 0 saturated carbocycles. The Bertz CT molecular complexity index is 954. The van der Waals surface area contributed by atoms with Crippen molar-refractivity contribution < 1.29 is 14.3 Å². The summed E-state index contributed by atoms with van der Waals surface area (Å²) >= 11 is 7.20. The van der Waals surface area contributed by atoms with E-state index in [1.165, 1.54) is 11.3 Å². The Morgan fingerprint density at radius 1 is 1.27 bits per heavy atom. The van der Waals surface area contributed by atoms with Gasteiger partial charge in [0.15, 0.2) is 10.7 Å². The number of ether oxygens (including phenoxy) is 2. The fourth-order valence-corrected chi connectivity index (χ4v) is 3.29. The van der Waals surface area contributed by atoms with Crippen LogP contribution in [-0.2, 0) is 4.79 Å². The monoisotopic (exact) mass is 391 g/mol. The SMILES string of the molecule is COc1cc(NC(=O)C(C)(C)Oc2ccc(Cl)cc2)cc2sc(N)nc12. The van der Waals surface area contributed by atoms with Crippen LogP contribution in [0.15, 0.2) is 36.4 Å². The van der Waals surface area contributed by atoms with Crippen LogP contribution in [0.2, 0.25) is 5.02 Å². The predicted molar refractivity (Wildman–Crippen MR) is 105 cm³/mol. The summed E-state index contributed by atoms with van der Waals surface area (Å²) in [6.07, 6.45) is 0. The van der Waals surface area contributed by atoms with Gasteiger partial charge in [-0.1, -0.05) is 22.9 Å². The molecule has 0 fully saturated rings. The van der Waals surface area contributed by atoms with E-state index in [0.717, 1.165) is 4.70 Å². The van der Waals surface area contributed by atoms with Crippen molar-refractivity contribution >= 4 is 49.9 Å². The number of rotatable bonds is 5. The molecule has 0 radical (unpaired) electrons. The highest BCUT2D eigenvalue weighted by Crippen LogP contribution is 2.34. The molecular weight excluding hydrogens is 374 g/mol. The van der Waals surface area contributed by atoms with E-state index < -0.39 is 5.60 Å².